The van der Waals surface area contributed by atoms with E-state index in [2.05, 4.69) is 18.3 Å². The van der Waals surface area contributed by atoms with Crippen molar-refractivity contribution in [3.63, 3.8) is 0 Å². The van der Waals surface area contributed by atoms with Gasteiger partial charge in [0.1, 0.15) is 0 Å². The number of hydrogen-bond acceptors (Lipinski definition) is 4. The summed E-state index contributed by atoms with van der Waals surface area (Å²) in [5, 5.41) is 13.7. The van der Waals surface area contributed by atoms with E-state index in [1.54, 1.807) is 16.2 Å². The summed E-state index contributed by atoms with van der Waals surface area (Å²) in [5.74, 6) is -0.909. The molecule has 0 aliphatic carbocycles. The van der Waals surface area contributed by atoms with Crippen LogP contribution in [0.4, 0.5) is 4.79 Å². The van der Waals surface area contributed by atoms with Gasteiger partial charge in [-0.25, -0.2) is 4.79 Å². The van der Waals surface area contributed by atoms with E-state index in [4.69, 9.17) is 9.84 Å². The van der Waals surface area contributed by atoms with Gasteiger partial charge in [-0.15, -0.1) is 11.3 Å². The molecule has 2 N–H and O–H groups in total. The number of hydrogen-bond donors (Lipinski definition) is 2. The third-order valence-corrected chi connectivity index (χ3v) is 4.41. The second-order valence-electron chi connectivity index (χ2n) is 4.92. The molecule has 7 heteroatoms. The largest absolute Gasteiger partial charge is 0.481 e. The van der Waals surface area contributed by atoms with Crippen LogP contribution in [0.25, 0.3) is 0 Å². The molecule has 1 atom stereocenters. The SMILES string of the molecule is CCc1ccsc1CNC(=O)N1CCOC(CC(=O)O)C1. The van der Waals surface area contributed by atoms with Crippen molar-refractivity contribution in [2.24, 2.45) is 0 Å². The molecule has 0 saturated carbocycles. The van der Waals surface area contributed by atoms with Crippen LogP contribution in [0.15, 0.2) is 11.4 Å². The van der Waals surface area contributed by atoms with Crippen LogP contribution in [-0.2, 0) is 22.5 Å². The molecular formula is C14H20N2O4S. The highest BCUT2D eigenvalue weighted by Crippen LogP contribution is 2.17. The Hall–Kier alpha value is -1.60. The fourth-order valence-corrected chi connectivity index (χ4v) is 3.24. The molecule has 2 amide bonds. The predicted molar refractivity (Wildman–Crippen MR) is 79.5 cm³/mol. The predicted octanol–water partition coefficient (Wildman–Crippen LogP) is 1.70. The molecule has 1 unspecified atom stereocenters. The maximum absolute atomic E-state index is 12.1. The number of carbonyl (C=O) groups is 2. The zero-order valence-electron chi connectivity index (χ0n) is 12.0. The number of urea groups is 1. The van der Waals surface area contributed by atoms with Gasteiger partial charge in [0.2, 0.25) is 0 Å². The lowest BCUT2D eigenvalue weighted by atomic mass is 10.2. The zero-order valence-corrected chi connectivity index (χ0v) is 12.8. The first-order valence-electron chi connectivity index (χ1n) is 7.01. The first-order chi connectivity index (χ1) is 10.1. The van der Waals surface area contributed by atoms with Gasteiger partial charge in [-0.1, -0.05) is 6.92 Å². The number of nitrogens with zero attached hydrogens (tertiary/aromatic N) is 1. The zero-order chi connectivity index (χ0) is 15.2. The third kappa shape index (κ3) is 4.44. The van der Waals surface area contributed by atoms with Gasteiger partial charge < -0.3 is 20.1 Å². The number of ether oxygens (including phenoxy) is 1. The summed E-state index contributed by atoms with van der Waals surface area (Å²) in [6, 6.07) is 1.91. The molecule has 1 aromatic rings. The second-order valence-corrected chi connectivity index (χ2v) is 5.92. The van der Waals surface area contributed by atoms with Crippen LogP contribution in [0.1, 0.15) is 23.8 Å². The molecule has 1 aliphatic rings. The van der Waals surface area contributed by atoms with Gasteiger partial charge in [-0.3, -0.25) is 4.79 Å². The number of rotatable bonds is 5. The van der Waals surface area contributed by atoms with Crippen molar-refractivity contribution < 1.29 is 19.4 Å². The summed E-state index contributed by atoms with van der Waals surface area (Å²) in [4.78, 5) is 25.6. The van der Waals surface area contributed by atoms with Crippen LogP contribution in [0.5, 0.6) is 0 Å². The summed E-state index contributed by atoms with van der Waals surface area (Å²) in [5.41, 5.74) is 1.26. The van der Waals surface area contributed by atoms with E-state index in [0.29, 0.717) is 26.2 Å². The normalized spacial score (nSPS) is 18.5. The van der Waals surface area contributed by atoms with E-state index < -0.39 is 12.1 Å². The molecule has 1 aromatic heterocycles. The van der Waals surface area contributed by atoms with E-state index in [0.717, 1.165) is 6.42 Å². The molecule has 0 spiro atoms. The van der Waals surface area contributed by atoms with Gasteiger partial charge in [0, 0.05) is 18.0 Å². The molecule has 2 rings (SSSR count). The van der Waals surface area contributed by atoms with E-state index in [1.807, 2.05) is 5.38 Å². The first-order valence-corrected chi connectivity index (χ1v) is 7.89. The summed E-state index contributed by atoms with van der Waals surface area (Å²) >= 11 is 1.64. The summed E-state index contributed by atoms with van der Waals surface area (Å²) in [6.45, 7) is 3.80. The molecule has 6 nitrogen and oxygen atoms in total. The highest BCUT2D eigenvalue weighted by molar-refractivity contribution is 7.10. The number of nitrogens with one attached hydrogen (secondary N) is 1. The molecule has 0 bridgehead atoms. The molecule has 0 aromatic carbocycles. The van der Waals surface area contributed by atoms with Crippen molar-refractivity contribution in [2.45, 2.75) is 32.4 Å². The van der Waals surface area contributed by atoms with Crippen molar-refractivity contribution >= 4 is 23.3 Å². The summed E-state index contributed by atoms with van der Waals surface area (Å²) in [7, 11) is 0. The lowest BCUT2D eigenvalue weighted by molar-refractivity contribution is -0.141. The number of carboxylic acid groups (broad SMARTS) is 1. The van der Waals surface area contributed by atoms with Gasteiger partial charge in [-0.05, 0) is 23.4 Å². The van der Waals surface area contributed by atoms with Crippen LogP contribution in [0.2, 0.25) is 0 Å². The molecule has 21 heavy (non-hydrogen) atoms. The number of aliphatic carboxylic acids is 1. The van der Waals surface area contributed by atoms with Crippen molar-refractivity contribution in [1.29, 1.82) is 0 Å². The molecule has 2 heterocycles. The maximum Gasteiger partial charge on any atom is 0.317 e. The van der Waals surface area contributed by atoms with Gasteiger partial charge >= 0.3 is 12.0 Å². The number of amides is 2. The van der Waals surface area contributed by atoms with Crippen LogP contribution in [0, 0.1) is 0 Å². The Morgan fingerprint density at radius 1 is 1.57 bits per heavy atom. The first kappa shape index (κ1) is 15.8. The Kier molecular flexibility index (Phi) is 5.58. The van der Waals surface area contributed by atoms with Gasteiger partial charge in [0.25, 0.3) is 0 Å². The minimum Gasteiger partial charge on any atom is -0.481 e. The van der Waals surface area contributed by atoms with Crippen molar-refractivity contribution in [3.8, 4) is 0 Å². The molecule has 1 aliphatic heterocycles. The Labute approximate surface area is 127 Å². The van der Waals surface area contributed by atoms with Crippen LogP contribution < -0.4 is 5.32 Å². The highest BCUT2D eigenvalue weighted by Gasteiger charge is 2.25. The highest BCUT2D eigenvalue weighted by atomic mass is 32.1. The average molecular weight is 312 g/mol. The monoisotopic (exact) mass is 312 g/mol. The average Bonchev–Trinajstić information content (AvgIpc) is 2.91. The van der Waals surface area contributed by atoms with Crippen LogP contribution >= 0.6 is 11.3 Å². The van der Waals surface area contributed by atoms with E-state index in [1.165, 1.54) is 10.4 Å². The second kappa shape index (κ2) is 7.42. The van der Waals surface area contributed by atoms with Crippen molar-refractivity contribution in [3.05, 3.63) is 21.9 Å². The number of carboxylic acids is 1. The molecule has 1 saturated heterocycles. The standard InChI is InChI=1S/C14H20N2O4S/c1-2-10-3-6-21-12(10)8-15-14(19)16-4-5-20-11(9-16)7-13(17)18/h3,6,11H,2,4-5,7-9H2,1H3,(H,15,19)(H,17,18). The minimum absolute atomic E-state index is 0.0747. The van der Waals surface area contributed by atoms with Gasteiger partial charge in [0.05, 0.1) is 25.7 Å². The Bertz CT molecular complexity index is 503. The van der Waals surface area contributed by atoms with E-state index in [9.17, 15) is 9.59 Å². The number of morpholine rings is 1. The van der Waals surface area contributed by atoms with Gasteiger partial charge in [-0.2, -0.15) is 0 Å². The van der Waals surface area contributed by atoms with Crippen molar-refractivity contribution in [2.75, 3.05) is 19.7 Å². The lowest BCUT2D eigenvalue weighted by Crippen LogP contribution is -2.49. The van der Waals surface area contributed by atoms with E-state index in [-0.39, 0.29) is 12.5 Å². The number of thiophene rings is 1. The lowest BCUT2D eigenvalue weighted by Gasteiger charge is -2.32. The number of carbonyl (C=O) groups excluding carboxylic acids is 1. The molecule has 116 valence electrons. The molecule has 0 radical (unpaired) electrons. The van der Waals surface area contributed by atoms with Crippen LogP contribution in [0.3, 0.4) is 0 Å². The maximum atomic E-state index is 12.1. The fourth-order valence-electron chi connectivity index (χ4n) is 2.33. The van der Waals surface area contributed by atoms with Gasteiger partial charge in [0.15, 0.2) is 0 Å². The van der Waals surface area contributed by atoms with Crippen LogP contribution in [-0.4, -0.2) is 47.8 Å². The number of aryl methyl sites for hydroxylation is 1. The topological polar surface area (TPSA) is 78.9 Å². The summed E-state index contributed by atoms with van der Waals surface area (Å²) in [6.07, 6.45) is 0.455. The fraction of sp³-hybridized carbons (Fsp3) is 0.571. The minimum atomic E-state index is -0.909. The smallest absolute Gasteiger partial charge is 0.317 e. The molecule has 1 fully saturated rings. The quantitative estimate of drug-likeness (QED) is 0.867. The Balaban J connectivity index is 1.84. The van der Waals surface area contributed by atoms with Crippen molar-refractivity contribution in [1.82, 2.24) is 10.2 Å². The Morgan fingerprint density at radius 3 is 3.10 bits per heavy atom. The third-order valence-electron chi connectivity index (χ3n) is 3.45. The Morgan fingerprint density at radius 2 is 2.38 bits per heavy atom. The summed E-state index contributed by atoms with van der Waals surface area (Å²) < 4.78 is 5.36. The molecular weight excluding hydrogens is 292 g/mol. The van der Waals surface area contributed by atoms with E-state index >= 15 is 0 Å².